The van der Waals surface area contributed by atoms with Crippen LogP contribution in [0.5, 0.6) is 0 Å². The first-order valence-electron chi connectivity index (χ1n) is 4.52. The lowest BCUT2D eigenvalue weighted by atomic mass is 9.92. The van der Waals surface area contributed by atoms with Crippen LogP contribution in [0.4, 0.5) is 4.79 Å². The number of benzene rings is 1. The zero-order valence-electron chi connectivity index (χ0n) is 8.30. The van der Waals surface area contributed by atoms with Gasteiger partial charge in [-0.15, -0.1) is 0 Å². The Morgan fingerprint density at radius 3 is 2.50 bits per heavy atom. The summed E-state index contributed by atoms with van der Waals surface area (Å²) in [6.45, 7) is 1.57. The first kappa shape index (κ1) is 11.2. The summed E-state index contributed by atoms with van der Waals surface area (Å²) in [4.78, 5) is 22.8. The van der Waals surface area contributed by atoms with E-state index in [0.717, 1.165) is 0 Å². The first-order valence-corrected chi connectivity index (χ1v) is 5.28. The highest BCUT2D eigenvalue weighted by Crippen LogP contribution is 2.32. The molecule has 1 aliphatic rings. The average Bonchev–Trinajstić information content (AvgIpc) is 2.46. The lowest BCUT2D eigenvalue weighted by molar-refractivity contribution is -0.123. The van der Waals surface area contributed by atoms with E-state index < -0.39 is 17.5 Å². The fourth-order valence-electron chi connectivity index (χ4n) is 1.61. The van der Waals surface area contributed by atoms with Gasteiger partial charge in [0.2, 0.25) is 0 Å². The number of halogens is 2. The van der Waals surface area contributed by atoms with Crippen LogP contribution in [0, 0.1) is 0 Å². The van der Waals surface area contributed by atoms with Crippen molar-refractivity contribution in [1.29, 1.82) is 0 Å². The van der Waals surface area contributed by atoms with E-state index in [1.807, 2.05) is 0 Å². The van der Waals surface area contributed by atoms with Gasteiger partial charge < -0.3 is 5.32 Å². The third kappa shape index (κ3) is 1.64. The van der Waals surface area contributed by atoms with Crippen LogP contribution in [0.25, 0.3) is 0 Å². The molecule has 1 aromatic carbocycles. The molecular weight excluding hydrogens is 251 g/mol. The fourth-order valence-corrected chi connectivity index (χ4v) is 2.09. The third-order valence-corrected chi connectivity index (χ3v) is 3.08. The molecule has 0 spiro atoms. The van der Waals surface area contributed by atoms with Crippen LogP contribution in [-0.2, 0) is 10.3 Å². The van der Waals surface area contributed by atoms with E-state index in [1.54, 1.807) is 25.1 Å². The molecule has 0 bridgehead atoms. The first-order chi connectivity index (χ1) is 7.43. The molecule has 1 unspecified atom stereocenters. The third-order valence-electron chi connectivity index (χ3n) is 2.51. The summed E-state index contributed by atoms with van der Waals surface area (Å²) in [5.74, 6) is -0.443. The molecule has 1 aromatic rings. The largest absolute Gasteiger partial charge is 0.322 e. The van der Waals surface area contributed by atoms with Crippen molar-refractivity contribution in [2.24, 2.45) is 0 Å². The van der Waals surface area contributed by atoms with Gasteiger partial charge in [0.25, 0.3) is 5.91 Å². The SMILES string of the molecule is CC1(c2cc(Cl)ccc2Cl)NC(=O)NC1=O. The Balaban J connectivity index is 2.55. The Morgan fingerprint density at radius 2 is 1.94 bits per heavy atom. The molecular formula is C10H8Cl2N2O2. The Bertz CT molecular complexity index is 490. The van der Waals surface area contributed by atoms with Crippen LogP contribution in [0.3, 0.4) is 0 Å². The maximum Gasteiger partial charge on any atom is 0.322 e. The number of carbonyl (C=O) groups excluding carboxylic acids is 2. The molecule has 2 N–H and O–H groups in total. The van der Waals surface area contributed by atoms with Gasteiger partial charge in [-0.1, -0.05) is 23.2 Å². The lowest BCUT2D eigenvalue weighted by Crippen LogP contribution is -2.40. The Labute approximate surface area is 102 Å². The highest BCUT2D eigenvalue weighted by Gasteiger charge is 2.44. The second-order valence-electron chi connectivity index (χ2n) is 3.66. The second-order valence-corrected chi connectivity index (χ2v) is 4.50. The molecule has 0 aliphatic carbocycles. The monoisotopic (exact) mass is 258 g/mol. The predicted molar refractivity (Wildman–Crippen MR) is 60.5 cm³/mol. The Kier molecular flexibility index (Phi) is 2.56. The minimum absolute atomic E-state index is 0.379. The number of nitrogens with one attached hydrogen (secondary N) is 2. The molecule has 1 fully saturated rings. The molecule has 16 heavy (non-hydrogen) atoms. The minimum atomic E-state index is -1.17. The smallest absolute Gasteiger partial charge is 0.320 e. The molecule has 4 nitrogen and oxygen atoms in total. The molecule has 6 heteroatoms. The lowest BCUT2D eigenvalue weighted by Gasteiger charge is -2.22. The van der Waals surface area contributed by atoms with Gasteiger partial charge in [0.15, 0.2) is 0 Å². The maximum atomic E-state index is 11.7. The summed E-state index contributed by atoms with van der Waals surface area (Å²) >= 11 is 11.8. The molecule has 0 saturated carbocycles. The standard InChI is InChI=1S/C10H8Cl2N2O2/c1-10(8(15)13-9(16)14-10)6-4-5(11)2-3-7(6)12/h2-4H,1H3,(H2,13,14,15,16). The van der Waals surface area contributed by atoms with Crippen molar-refractivity contribution in [2.75, 3.05) is 0 Å². The van der Waals surface area contributed by atoms with Gasteiger partial charge >= 0.3 is 6.03 Å². The highest BCUT2D eigenvalue weighted by molar-refractivity contribution is 6.34. The van der Waals surface area contributed by atoms with E-state index >= 15 is 0 Å². The van der Waals surface area contributed by atoms with Crippen LogP contribution < -0.4 is 10.6 Å². The van der Waals surface area contributed by atoms with E-state index in [1.165, 1.54) is 0 Å². The summed E-state index contributed by atoms with van der Waals surface area (Å²) in [6.07, 6.45) is 0. The number of rotatable bonds is 1. The van der Waals surface area contributed by atoms with Gasteiger partial charge in [0.05, 0.1) is 0 Å². The van der Waals surface area contributed by atoms with E-state index in [2.05, 4.69) is 10.6 Å². The van der Waals surface area contributed by atoms with E-state index in [4.69, 9.17) is 23.2 Å². The number of hydrogen-bond donors (Lipinski definition) is 2. The predicted octanol–water partition coefficient (Wildman–Crippen LogP) is 2.05. The topological polar surface area (TPSA) is 58.2 Å². The fraction of sp³-hybridized carbons (Fsp3) is 0.200. The van der Waals surface area contributed by atoms with Crippen molar-refractivity contribution in [2.45, 2.75) is 12.5 Å². The Hall–Kier alpha value is -1.26. The molecule has 2 rings (SSSR count). The molecule has 0 aromatic heterocycles. The Morgan fingerprint density at radius 1 is 1.25 bits per heavy atom. The molecule has 1 saturated heterocycles. The van der Waals surface area contributed by atoms with E-state index in [9.17, 15) is 9.59 Å². The van der Waals surface area contributed by atoms with Crippen LogP contribution in [0.2, 0.25) is 10.0 Å². The number of urea groups is 1. The zero-order chi connectivity index (χ0) is 11.9. The normalized spacial score (nSPS) is 24.2. The number of carbonyl (C=O) groups is 2. The van der Waals surface area contributed by atoms with Crippen molar-refractivity contribution >= 4 is 35.1 Å². The van der Waals surface area contributed by atoms with Crippen molar-refractivity contribution < 1.29 is 9.59 Å². The molecule has 0 radical (unpaired) electrons. The van der Waals surface area contributed by atoms with Gasteiger partial charge in [-0.2, -0.15) is 0 Å². The summed E-state index contributed by atoms with van der Waals surface area (Å²) in [5, 5.41) is 5.52. The van der Waals surface area contributed by atoms with Crippen LogP contribution in [0.15, 0.2) is 18.2 Å². The van der Waals surface area contributed by atoms with Gasteiger partial charge in [0.1, 0.15) is 5.54 Å². The van der Waals surface area contributed by atoms with E-state index in [-0.39, 0.29) is 0 Å². The van der Waals surface area contributed by atoms with Crippen LogP contribution >= 0.6 is 23.2 Å². The van der Waals surface area contributed by atoms with Crippen molar-refractivity contribution in [3.05, 3.63) is 33.8 Å². The second kappa shape index (κ2) is 3.64. The van der Waals surface area contributed by atoms with Gasteiger partial charge in [-0.05, 0) is 25.1 Å². The molecule has 84 valence electrons. The summed E-state index contributed by atoms with van der Waals surface area (Å²) < 4.78 is 0. The summed E-state index contributed by atoms with van der Waals surface area (Å²) in [7, 11) is 0. The zero-order valence-corrected chi connectivity index (χ0v) is 9.82. The molecule has 1 aliphatic heterocycles. The summed E-state index contributed by atoms with van der Waals surface area (Å²) in [5.41, 5.74) is -0.691. The number of amides is 3. The maximum absolute atomic E-state index is 11.7. The van der Waals surface area contributed by atoms with Gasteiger partial charge in [0, 0.05) is 15.6 Å². The average molecular weight is 259 g/mol. The number of hydrogen-bond acceptors (Lipinski definition) is 2. The van der Waals surface area contributed by atoms with Gasteiger partial charge in [-0.25, -0.2) is 4.79 Å². The molecule has 1 heterocycles. The molecule has 3 amide bonds. The van der Waals surface area contributed by atoms with Crippen molar-refractivity contribution in [1.82, 2.24) is 10.6 Å². The van der Waals surface area contributed by atoms with Crippen molar-refractivity contribution in [3.8, 4) is 0 Å². The number of imide groups is 1. The molecule has 1 atom stereocenters. The summed E-state index contributed by atoms with van der Waals surface area (Å²) in [6, 6.07) is 4.23. The highest BCUT2D eigenvalue weighted by atomic mass is 35.5. The van der Waals surface area contributed by atoms with Crippen LogP contribution in [-0.4, -0.2) is 11.9 Å². The minimum Gasteiger partial charge on any atom is -0.320 e. The van der Waals surface area contributed by atoms with E-state index in [0.29, 0.717) is 15.6 Å². The van der Waals surface area contributed by atoms with Gasteiger partial charge in [-0.3, -0.25) is 10.1 Å². The quantitative estimate of drug-likeness (QED) is 0.758. The van der Waals surface area contributed by atoms with Crippen LogP contribution in [0.1, 0.15) is 12.5 Å². The van der Waals surface area contributed by atoms with Crippen molar-refractivity contribution in [3.63, 3.8) is 0 Å².